The number of benzene rings is 1. The van der Waals surface area contributed by atoms with Crippen LogP contribution < -0.4 is 9.47 Å². The molecular weight excluding hydrogens is 464 g/mol. The van der Waals surface area contributed by atoms with Crippen LogP contribution in [0.15, 0.2) is 56.2 Å². The van der Waals surface area contributed by atoms with Gasteiger partial charge >= 0.3 is 17.9 Å². The molecule has 0 amide bonds. The van der Waals surface area contributed by atoms with E-state index >= 15 is 0 Å². The summed E-state index contributed by atoms with van der Waals surface area (Å²) in [6.07, 6.45) is 10.7. The van der Waals surface area contributed by atoms with Crippen LogP contribution in [-0.2, 0) is 23.8 Å². The smallest absolute Gasteiger partial charge is 0.338 e. The monoisotopic (exact) mass is 502 g/mol. The van der Waals surface area contributed by atoms with Crippen LogP contribution in [0.2, 0.25) is 0 Å². The summed E-state index contributed by atoms with van der Waals surface area (Å²) in [4.78, 5) is 34.3. The molecule has 1 rings (SSSR count). The van der Waals surface area contributed by atoms with E-state index in [1.807, 2.05) is 0 Å². The Morgan fingerprint density at radius 1 is 0.639 bits per heavy atom. The molecule has 0 atom stereocenters. The third-order valence-corrected chi connectivity index (χ3v) is 4.93. The van der Waals surface area contributed by atoms with Crippen LogP contribution in [0.5, 0.6) is 11.5 Å². The fourth-order valence-corrected chi connectivity index (χ4v) is 3.03. The maximum atomic E-state index is 12.2. The van der Waals surface area contributed by atoms with Gasteiger partial charge in [0.1, 0.15) is 6.61 Å². The van der Waals surface area contributed by atoms with Crippen molar-refractivity contribution in [2.24, 2.45) is 0 Å². The molecule has 8 nitrogen and oxygen atoms in total. The van der Waals surface area contributed by atoms with Crippen molar-refractivity contribution in [1.82, 2.24) is 0 Å². The van der Waals surface area contributed by atoms with Gasteiger partial charge in [0, 0.05) is 12.2 Å². The van der Waals surface area contributed by atoms with Crippen LogP contribution in [0.3, 0.4) is 0 Å². The molecule has 0 bridgehead atoms. The highest BCUT2D eigenvalue weighted by Crippen LogP contribution is 2.29. The molecule has 0 saturated heterocycles. The van der Waals surface area contributed by atoms with E-state index in [9.17, 15) is 14.4 Å². The van der Waals surface area contributed by atoms with E-state index in [4.69, 9.17) is 23.7 Å². The van der Waals surface area contributed by atoms with Gasteiger partial charge in [-0.1, -0.05) is 25.8 Å². The van der Waals surface area contributed by atoms with Gasteiger partial charge < -0.3 is 23.7 Å². The number of carbonyl (C=O) groups excluding carboxylic acids is 3. The number of hydrogen-bond donors (Lipinski definition) is 0. The number of esters is 3. The van der Waals surface area contributed by atoms with Gasteiger partial charge in [0.25, 0.3) is 0 Å². The Bertz CT molecular complexity index is 846. The van der Waals surface area contributed by atoms with E-state index < -0.39 is 17.9 Å². The molecule has 1 aromatic rings. The minimum absolute atomic E-state index is 0.127. The van der Waals surface area contributed by atoms with Gasteiger partial charge in [-0.2, -0.15) is 0 Å². The SMILES string of the molecule is C=CCOC(=O)c1ccc(OCCCCCCOC(=O)C=C)c(OCCCCCCOC(=O)C=C)c1. The van der Waals surface area contributed by atoms with Gasteiger partial charge in [-0.05, 0) is 69.6 Å². The summed E-state index contributed by atoms with van der Waals surface area (Å²) < 4.78 is 26.9. The zero-order chi connectivity index (χ0) is 26.4. The normalized spacial score (nSPS) is 10.1. The first-order valence-corrected chi connectivity index (χ1v) is 12.3. The van der Waals surface area contributed by atoms with Crippen molar-refractivity contribution < 1.29 is 38.1 Å². The van der Waals surface area contributed by atoms with Crippen molar-refractivity contribution >= 4 is 17.9 Å². The third-order valence-electron chi connectivity index (χ3n) is 4.93. The molecule has 0 fully saturated rings. The summed E-state index contributed by atoms with van der Waals surface area (Å²) in [6.45, 7) is 12.1. The fourth-order valence-electron chi connectivity index (χ4n) is 3.03. The van der Waals surface area contributed by atoms with Crippen molar-refractivity contribution in [2.45, 2.75) is 51.4 Å². The molecule has 0 radical (unpaired) electrons. The van der Waals surface area contributed by atoms with E-state index in [1.165, 1.54) is 6.08 Å². The van der Waals surface area contributed by atoms with Crippen molar-refractivity contribution in [3.8, 4) is 11.5 Å². The molecule has 0 saturated carbocycles. The second-order valence-electron chi connectivity index (χ2n) is 7.82. The Hall–Kier alpha value is -3.55. The summed E-state index contributed by atoms with van der Waals surface area (Å²) in [5.74, 6) is -0.230. The molecule has 0 N–H and O–H groups in total. The Morgan fingerprint density at radius 3 is 1.64 bits per heavy atom. The van der Waals surface area contributed by atoms with Gasteiger partial charge in [-0.3, -0.25) is 0 Å². The molecular formula is C28H38O8. The Balaban J connectivity index is 2.48. The average molecular weight is 503 g/mol. The van der Waals surface area contributed by atoms with Crippen molar-refractivity contribution in [3.63, 3.8) is 0 Å². The first-order chi connectivity index (χ1) is 17.5. The fraction of sp³-hybridized carbons (Fsp3) is 0.464. The number of ether oxygens (including phenoxy) is 5. The van der Waals surface area contributed by atoms with Gasteiger partial charge in [-0.15, -0.1) is 0 Å². The van der Waals surface area contributed by atoms with E-state index in [2.05, 4.69) is 19.7 Å². The topological polar surface area (TPSA) is 97.4 Å². The van der Waals surface area contributed by atoms with Gasteiger partial charge in [0.2, 0.25) is 0 Å². The molecule has 0 aromatic heterocycles. The number of carbonyl (C=O) groups is 3. The lowest BCUT2D eigenvalue weighted by Crippen LogP contribution is -2.08. The van der Waals surface area contributed by atoms with Crippen LogP contribution in [0.25, 0.3) is 0 Å². The van der Waals surface area contributed by atoms with Crippen molar-refractivity contribution in [2.75, 3.05) is 33.0 Å². The molecule has 36 heavy (non-hydrogen) atoms. The minimum Gasteiger partial charge on any atom is -0.490 e. The lowest BCUT2D eigenvalue weighted by atomic mass is 10.2. The molecule has 0 unspecified atom stereocenters. The summed E-state index contributed by atoms with van der Waals surface area (Å²) >= 11 is 0. The van der Waals surface area contributed by atoms with E-state index in [-0.39, 0.29) is 6.61 Å². The summed E-state index contributed by atoms with van der Waals surface area (Å²) in [6, 6.07) is 4.98. The summed E-state index contributed by atoms with van der Waals surface area (Å²) in [5, 5.41) is 0. The maximum absolute atomic E-state index is 12.2. The predicted octanol–water partition coefficient (Wildman–Crippen LogP) is 5.37. The van der Waals surface area contributed by atoms with Crippen molar-refractivity contribution in [3.05, 3.63) is 61.7 Å². The minimum atomic E-state index is -0.461. The second kappa shape index (κ2) is 19.7. The van der Waals surface area contributed by atoms with Crippen LogP contribution in [0.4, 0.5) is 0 Å². The number of rotatable bonds is 21. The number of unbranched alkanes of at least 4 members (excludes halogenated alkanes) is 6. The zero-order valence-corrected chi connectivity index (χ0v) is 21.0. The lowest BCUT2D eigenvalue weighted by molar-refractivity contribution is -0.138. The van der Waals surface area contributed by atoms with Crippen LogP contribution in [-0.4, -0.2) is 50.9 Å². The highest BCUT2D eigenvalue weighted by molar-refractivity contribution is 5.90. The highest BCUT2D eigenvalue weighted by Gasteiger charge is 2.13. The van der Waals surface area contributed by atoms with Crippen LogP contribution >= 0.6 is 0 Å². The summed E-state index contributed by atoms with van der Waals surface area (Å²) in [7, 11) is 0. The van der Waals surface area contributed by atoms with Crippen LogP contribution in [0.1, 0.15) is 61.7 Å². The van der Waals surface area contributed by atoms with E-state index in [1.54, 1.807) is 18.2 Å². The molecule has 0 aliphatic rings. The molecule has 0 heterocycles. The highest BCUT2D eigenvalue weighted by atomic mass is 16.5. The molecule has 0 spiro atoms. The standard InChI is InChI=1S/C28H38O8/c1-4-17-36-28(31)23-15-16-24(32-18-11-7-9-13-20-34-26(29)5-2)25(22-23)33-19-12-8-10-14-21-35-27(30)6-3/h4-6,15-16,22H,1-3,7-14,17-21H2. The quantitative estimate of drug-likeness (QED) is 0.0728. The van der Waals surface area contributed by atoms with Crippen LogP contribution in [0, 0.1) is 0 Å². The maximum Gasteiger partial charge on any atom is 0.338 e. The van der Waals surface area contributed by atoms with Gasteiger partial charge in [0.05, 0.1) is 32.0 Å². The Morgan fingerprint density at radius 2 is 1.14 bits per heavy atom. The Labute approximate surface area is 213 Å². The van der Waals surface area contributed by atoms with Gasteiger partial charge in [0.15, 0.2) is 11.5 Å². The third kappa shape index (κ3) is 14.0. The first kappa shape index (κ1) is 30.5. The molecule has 198 valence electrons. The molecule has 1 aromatic carbocycles. The predicted molar refractivity (Wildman–Crippen MR) is 137 cm³/mol. The van der Waals surface area contributed by atoms with E-state index in [0.29, 0.717) is 43.5 Å². The second-order valence-corrected chi connectivity index (χ2v) is 7.82. The molecule has 8 heteroatoms. The number of hydrogen-bond acceptors (Lipinski definition) is 8. The summed E-state index contributed by atoms with van der Waals surface area (Å²) in [5.41, 5.74) is 0.373. The zero-order valence-electron chi connectivity index (χ0n) is 21.0. The van der Waals surface area contributed by atoms with Gasteiger partial charge in [-0.25, -0.2) is 14.4 Å². The molecule has 0 aliphatic heterocycles. The average Bonchev–Trinajstić information content (AvgIpc) is 2.90. The first-order valence-electron chi connectivity index (χ1n) is 12.3. The Kier molecular flexibility index (Phi) is 16.7. The van der Waals surface area contributed by atoms with Crippen molar-refractivity contribution in [1.29, 1.82) is 0 Å². The lowest BCUT2D eigenvalue weighted by Gasteiger charge is -2.14. The van der Waals surface area contributed by atoms with E-state index in [0.717, 1.165) is 63.5 Å². The largest absolute Gasteiger partial charge is 0.490 e. The molecule has 0 aliphatic carbocycles.